The second kappa shape index (κ2) is 10.6. The maximum Gasteiger partial charge on any atom is 0.227 e. The van der Waals surface area contributed by atoms with E-state index in [9.17, 15) is 9.59 Å². The monoisotopic (exact) mass is 486 g/mol. The van der Waals surface area contributed by atoms with Crippen molar-refractivity contribution in [3.8, 4) is 0 Å². The minimum atomic E-state index is 0. The highest BCUT2D eigenvalue weighted by molar-refractivity contribution is 6.31. The zero-order chi connectivity index (χ0) is 22.1. The number of amides is 1. The lowest BCUT2D eigenvalue weighted by atomic mass is 9.89. The van der Waals surface area contributed by atoms with Crippen LogP contribution in [0.15, 0.2) is 36.4 Å². The van der Waals surface area contributed by atoms with Crippen molar-refractivity contribution in [2.45, 2.75) is 51.4 Å². The Balaban J connectivity index is 0.00000259. The lowest BCUT2D eigenvalue weighted by Gasteiger charge is -2.32. The molecule has 0 aromatic heterocycles. The Hall–Kier alpha value is -1.88. The fourth-order valence-corrected chi connectivity index (χ4v) is 5.81. The molecule has 0 radical (unpaired) electrons. The molecule has 3 aliphatic heterocycles. The fraction of sp³-hybridized carbons (Fsp3) is 0.481. The molecule has 176 valence electrons. The summed E-state index contributed by atoms with van der Waals surface area (Å²) < 4.78 is 0. The number of benzene rings is 2. The summed E-state index contributed by atoms with van der Waals surface area (Å²) in [6.45, 7) is 4.03. The number of rotatable bonds is 7. The molecule has 1 saturated heterocycles. The van der Waals surface area contributed by atoms with Gasteiger partial charge in [-0.05, 0) is 92.4 Å². The number of anilines is 1. The lowest BCUT2D eigenvalue weighted by molar-refractivity contribution is -0.118. The molecular formula is C27H32Cl2N2O2. The molecule has 1 amide bonds. The van der Waals surface area contributed by atoms with E-state index in [0.29, 0.717) is 18.8 Å². The van der Waals surface area contributed by atoms with Gasteiger partial charge in [0.1, 0.15) is 0 Å². The first-order chi connectivity index (χ1) is 15.6. The normalized spacial score (nSPS) is 18.2. The van der Waals surface area contributed by atoms with Crippen LogP contribution < -0.4 is 4.90 Å². The Morgan fingerprint density at radius 2 is 1.73 bits per heavy atom. The SMILES string of the molecule is Cl.O=C(CCC1CCN(CCc2ccccc2Cl)CC1)c1cc2c3c(c1)CCN3C(=O)CC2. The third kappa shape index (κ3) is 5.29. The van der Waals surface area contributed by atoms with Crippen molar-refractivity contribution >= 4 is 41.4 Å². The van der Waals surface area contributed by atoms with Crippen LogP contribution >= 0.6 is 24.0 Å². The Bertz CT molecular complexity index is 1030. The minimum Gasteiger partial charge on any atom is -0.312 e. The number of Topliss-reactive ketones (excluding diaryl/α,β-unsaturated/α-hetero) is 1. The van der Waals surface area contributed by atoms with E-state index < -0.39 is 0 Å². The Morgan fingerprint density at radius 3 is 2.48 bits per heavy atom. The van der Waals surface area contributed by atoms with Gasteiger partial charge in [0.2, 0.25) is 5.91 Å². The molecule has 0 bridgehead atoms. The molecule has 3 aliphatic rings. The number of carbonyl (C=O) groups excluding carboxylic acids is 2. The van der Waals surface area contributed by atoms with Gasteiger partial charge in [0.25, 0.3) is 0 Å². The first-order valence-corrected chi connectivity index (χ1v) is 12.4. The van der Waals surface area contributed by atoms with E-state index >= 15 is 0 Å². The summed E-state index contributed by atoms with van der Waals surface area (Å²) in [4.78, 5) is 29.5. The Morgan fingerprint density at radius 1 is 1.00 bits per heavy atom. The van der Waals surface area contributed by atoms with Gasteiger partial charge in [0.15, 0.2) is 5.78 Å². The zero-order valence-electron chi connectivity index (χ0n) is 19.0. The van der Waals surface area contributed by atoms with Crippen LogP contribution in [0.2, 0.25) is 5.02 Å². The number of hydrogen-bond donors (Lipinski definition) is 0. The van der Waals surface area contributed by atoms with E-state index in [-0.39, 0.29) is 24.1 Å². The van der Waals surface area contributed by atoms with E-state index in [4.69, 9.17) is 11.6 Å². The number of ketones is 1. The quantitative estimate of drug-likeness (QED) is 0.484. The molecular weight excluding hydrogens is 455 g/mol. The molecule has 2 aromatic rings. The number of aryl methyl sites for hydroxylation is 1. The predicted octanol–water partition coefficient (Wildman–Crippen LogP) is 5.51. The van der Waals surface area contributed by atoms with Crippen molar-refractivity contribution in [1.29, 1.82) is 0 Å². The summed E-state index contributed by atoms with van der Waals surface area (Å²) in [5, 5.41) is 0.862. The van der Waals surface area contributed by atoms with Crippen LogP contribution in [-0.2, 0) is 24.1 Å². The molecule has 5 rings (SSSR count). The van der Waals surface area contributed by atoms with E-state index in [2.05, 4.69) is 29.2 Å². The van der Waals surface area contributed by atoms with Crippen LogP contribution in [0.4, 0.5) is 5.69 Å². The Labute approximate surface area is 207 Å². The number of nitrogens with zero attached hydrogens (tertiary/aromatic N) is 2. The van der Waals surface area contributed by atoms with Gasteiger partial charge in [0, 0.05) is 36.5 Å². The van der Waals surface area contributed by atoms with Crippen LogP contribution in [0, 0.1) is 5.92 Å². The molecule has 33 heavy (non-hydrogen) atoms. The number of hydrogen-bond acceptors (Lipinski definition) is 3. The average molecular weight is 487 g/mol. The van der Waals surface area contributed by atoms with E-state index in [1.165, 1.54) is 29.5 Å². The van der Waals surface area contributed by atoms with Crippen LogP contribution in [0.3, 0.4) is 0 Å². The van der Waals surface area contributed by atoms with E-state index in [0.717, 1.165) is 68.1 Å². The number of halogens is 2. The van der Waals surface area contributed by atoms with Gasteiger partial charge in [-0.15, -0.1) is 12.4 Å². The van der Waals surface area contributed by atoms with Crippen molar-refractivity contribution in [1.82, 2.24) is 4.90 Å². The molecule has 0 atom stereocenters. The summed E-state index contributed by atoms with van der Waals surface area (Å²) in [6.07, 6.45) is 7.16. The van der Waals surface area contributed by atoms with Crippen molar-refractivity contribution in [2.75, 3.05) is 31.1 Å². The van der Waals surface area contributed by atoms with Gasteiger partial charge >= 0.3 is 0 Å². The zero-order valence-corrected chi connectivity index (χ0v) is 20.6. The highest BCUT2D eigenvalue weighted by Crippen LogP contribution is 2.38. The van der Waals surface area contributed by atoms with Gasteiger partial charge in [-0.25, -0.2) is 0 Å². The van der Waals surface area contributed by atoms with Crippen molar-refractivity contribution < 1.29 is 9.59 Å². The summed E-state index contributed by atoms with van der Waals surface area (Å²) in [7, 11) is 0. The summed E-state index contributed by atoms with van der Waals surface area (Å²) in [6, 6.07) is 12.2. The third-order valence-electron chi connectivity index (χ3n) is 7.52. The van der Waals surface area contributed by atoms with Crippen molar-refractivity contribution in [3.63, 3.8) is 0 Å². The molecule has 0 unspecified atom stereocenters. The largest absolute Gasteiger partial charge is 0.312 e. The lowest BCUT2D eigenvalue weighted by Crippen LogP contribution is -2.35. The predicted molar refractivity (Wildman–Crippen MR) is 136 cm³/mol. The molecule has 0 aliphatic carbocycles. The van der Waals surface area contributed by atoms with Crippen LogP contribution in [-0.4, -0.2) is 42.8 Å². The molecule has 0 N–H and O–H groups in total. The van der Waals surface area contributed by atoms with Crippen LogP contribution in [0.1, 0.15) is 59.2 Å². The summed E-state index contributed by atoms with van der Waals surface area (Å²) in [5.74, 6) is 1.13. The van der Waals surface area contributed by atoms with E-state index in [1.54, 1.807) is 0 Å². The van der Waals surface area contributed by atoms with Crippen LogP contribution in [0.25, 0.3) is 0 Å². The first-order valence-electron chi connectivity index (χ1n) is 12.0. The van der Waals surface area contributed by atoms with Crippen molar-refractivity contribution in [3.05, 3.63) is 63.7 Å². The maximum absolute atomic E-state index is 13.0. The highest BCUT2D eigenvalue weighted by Gasteiger charge is 2.32. The van der Waals surface area contributed by atoms with Gasteiger partial charge in [0.05, 0.1) is 5.69 Å². The minimum absolute atomic E-state index is 0. The Kier molecular flexibility index (Phi) is 7.78. The van der Waals surface area contributed by atoms with Gasteiger partial charge in [-0.1, -0.05) is 29.8 Å². The molecule has 3 heterocycles. The second-order valence-electron chi connectivity index (χ2n) is 9.53. The van der Waals surface area contributed by atoms with Gasteiger partial charge in [-0.3, -0.25) is 9.59 Å². The molecule has 2 aromatic carbocycles. The number of piperidine rings is 1. The third-order valence-corrected chi connectivity index (χ3v) is 7.88. The first kappa shape index (κ1) is 24.3. The molecule has 1 fully saturated rings. The smallest absolute Gasteiger partial charge is 0.227 e. The van der Waals surface area contributed by atoms with Gasteiger partial charge < -0.3 is 9.80 Å². The average Bonchev–Trinajstić information content (AvgIpc) is 3.25. The molecule has 4 nitrogen and oxygen atoms in total. The molecule has 0 saturated carbocycles. The summed E-state index contributed by atoms with van der Waals surface area (Å²) in [5.41, 5.74) is 5.55. The fourth-order valence-electron chi connectivity index (χ4n) is 5.58. The highest BCUT2D eigenvalue weighted by atomic mass is 35.5. The number of carbonyl (C=O) groups is 2. The number of likely N-dealkylation sites (tertiary alicyclic amines) is 1. The standard InChI is InChI=1S/C27H31ClN2O2.ClH/c28-24-4-2-1-3-20(24)11-15-29-13-9-19(10-14-29)5-7-25(31)23-17-21-6-8-26(32)30-16-12-22(18-23)27(21)30;/h1-4,17-19H,5-16H2;1H. The van der Waals surface area contributed by atoms with Crippen LogP contribution in [0.5, 0.6) is 0 Å². The molecule has 0 spiro atoms. The topological polar surface area (TPSA) is 40.6 Å². The van der Waals surface area contributed by atoms with Crippen molar-refractivity contribution in [2.24, 2.45) is 5.92 Å². The summed E-state index contributed by atoms with van der Waals surface area (Å²) >= 11 is 6.29. The molecule has 6 heteroatoms. The second-order valence-corrected chi connectivity index (χ2v) is 9.93. The maximum atomic E-state index is 13.0. The van der Waals surface area contributed by atoms with E-state index in [1.807, 2.05) is 17.0 Å². The van der Waals surface area contributed by atoms with Gasteiger partial charge in [-0.2, -0.15) is 0 Å².